The van der Waals surface area contributed by atoms with Gasteiger partial charge in [-0.1, -0.05) is 18.2 Å². The molecule has 2 aliphatic heterocycles. The molecular formula is C20H20N6O2. The van der Waals surface area contributed by atoms with E-state index in [0.29, 0.717) is 31.9 Å². The molecule has 2 aliphatic rings. The summed E-state index contributed by atoms with van der Waals surface area (Å²) in [4.78, 5) is 14.4. The number of morpholine rings is 1. The smallest absolute Gasteiger partial charge is 0.254 e. The second-order valence-corrected chi connectivity index (χ2v) is 6.72. The predicted octanol–water partition coefficient (Wildman–Crippen LogP) is 1.86. The Balaban J connectivity index is 1.35. The van der Waals surface area contributed by atoms with Crippen LogP contribution in [0.2, 0.25) is 0 Å². The number of rotatable bonds is 3. The molecule has 5 rings (SSSR count). The molecule has 2 aromatic carbocycles. The molecule has 0 atom stereocenters. The quantitative estimate of drug-likeness (QED) is 0.647. The fourth-order valence-corrected chi connectivity index (χ4v) is 3.46. The average molecular weight is 376 g/mol. The minimum absolute atomic E-state index is 0.0431. The fraction of sp³-hybridized carbons (Fsp3) is 0.200. The molecule has 1 saturated heterocycles. The van der Waals surface area contributed by atoms with Crippen LogP contribution in [0.5, 0.6) is 0 Å². The molecule has 3 N–H and O–H groups in total. The summed E-state index contributed by atoms with van der Waals surface area (Å²) in [7, 11) is 0. The van der Waals surface area contributed by atoms with Crippen LogP contribution < -0.4 is 16.0 Å². The summed E-state index contributed by atoms with van der Waals surface area (Å²) in [6.45, 7) is 2.48. The Labute approximate surface area is 161 Å². The number of H-pyrrole nitrogens is 1. The van der Waals surface area contributed by atoms with Gasteiger partial charge < -0.3 is 9.64 Å². The van der Waals surface area contributed by atoms with Crippen LogP contribution in [0.1, 0.15) is 16.1 Å². The molecule has 3 aromatic rings. The highest BCUT2D eigenvalue weighted by Gasteiger charge is 2.20. The molecule has 8 nitrogen and oxygen atoms in total. The summed E-state index contributed by atoms with van der Waals surface area (Å²) >= 11 is 0. The van der Waals surface area contributed by atoms with Crippen LogP contribution in [0.4, 0.5) is 5.69 Å². The molecule has 142 valence electrons. The minimum Gasteiger partial charge on any atom is -0.378 e. The van der Waals surface area contributed by atoms with Gasteiger partial charge in [-0.05, 0) is 30.3 Å². The number of para-hydroxylation sites is 1. The van der Waals surface area contributed by atoms with Crippen molar-refractivity contribution in [2.24, 2.45) is 0 Å². The van der Waals surface area contributed by atoms with E-state index in [1.807, 2.05) is 64.6 Å². The summed E-state index contributed by atoms with van der Waals surface area (Å²) in [5, 5.41) is 10.4. The zero-order valence-electron chi connectivity index (χ0n) is 15.2. The van der Waals surface area contributed by atoms with Gasteiger partial charge in [0, 0.05) is 24.0 Å². The van der Waals surface area contributed by atoms with Crippen molar-refractivity contribution in [1.82, 2.24) is 26.1 Å². The number of aromatic amines is 1. The number of hydrazine groups is 2. The van der Waals surface area contributed by atoms with Crippen molar-refractivity contribution < 1.29 is 9.53 Å². The lowest BCUT2D eigenvalue weighted by molar-refractivity contribution is 0.0303. The Morgan fingerprint density at radius 3 is 2.64 bits per heavy atom. The topological polar surface area (TPSA) is 85.5 Å². The zero-order valence-corrected chi connectivity index (χ0v) is 15.2. The van der Waals surface area contributed by atoms with Gasteiger partial charge in [0.1, 0.15) is 5.69 Å². The number of carbonyl (C=O) groups excluding carboxylic acids is 1. The van der Waals surface area contributed by atoms with Crippen molar-refractivity contribution >= 4 is 28.2 Å². The molecule has 1 fully saturated rings. The van der Waals surface area contributed by atoms with Crippen molar-refractivity contribution in [2.45, 2.75) is 0 Å². The summed E-state index contributed by atoms with van der Waals surface area (Å²) in [5.74, 6) is 0.0431. The third-order valence-electron chi connectivity index (χ3n) is 4.99. The fourth-order valence-electron chi connectivity index (χ4n) is 3.46. The maximum atomic E-state index is 12.6. The van der Waals surface area contributed by atoms with Crippen molar-refractivity contribution in [3.8, 4) is 0 Å². The summed E-state index contributed by atoms with van der Waals surface area (Å²) in [6.07, 6.45) is 1.95. The van der Waals surface area contributed by atoms with E-state index in [0.717, 1.165) is 28.0 Å². The number of fused-ring (bicyclic) bond motifs is 1. The number of nitrogens with zero attached hydrogens (tertiary/aromatic N) is 3. The number of hydrogen-bond donors (Lipinski definition) is 3. The van der Waals surface area contributed by atoms with Gasteiger partial charge in [-0.3, -0.25) is 20.3 Å². The number of amides is 1. The van der Waals surface area contributed by atoms with Crippen molar-refractivity contribution in [1.29, 1.82) is 0 Å². The van der Waals surface area contributed by atoms with Crippen LogP contribution in [0, 0.1) is 0 Å². The standard InChI is InChI=1S/C20H20N6O2/c27-20(25-9-11-28-12-10-25)14-5-7-15(8-6-14)26-13-18(22-24-26)19-16-3-1-2-4-17(16)21-23-19/h1-8,13,22,24H,9-12H2,(H,21,23). The summed E-state index contributed by atoms with van der Waals surface area (Å²) in [5.41, 5.74) is 10.6. The van der Waals surface area contributed by atoms with Crippen LogP contribution >= 0.6 is 0 Å². The lowest BCUT2D eigenvalue weighted by Gasteiger charge is -2.27. The SMILES string of the molecule is O=C(c1ccc(N2C=C(c3n[nH]c4ccccc34)NN2)cc1)N1CCOCC1. The third-order valence-corrected chi connectivity index (χ3v) is 4.99. The second-order valence-electron chi connectivity index (χ2n) is 6.72. The van der Waals surface area contributed by atoms with Gasteiger partial charge in [0.05, 0.1) is 36.3 Å². The van der Waals surface area contributed by atoms with E-state index in [2.05, 4.69) is 21.2 Å². The second kappa shape index (κ2) is 6.99. The maximum Gasteiger partial charge on any atom is 0.254 e. The third kappa shape index (κ3) is 2.98. The van der Waals surface area contributed by atoms with Crippen LogP contribution in [-0.4, -0.2) is 47.3 Å². The highest BCUT2D eigenvalue weighted by Crippen LogP contribution is 2.25. The van der Waals surface area contributed by atoms with E-state index in [4.69, 9.17) is 4.74 Å². The van der Waals surface area contributed by atoms with E-state index in [9.17, 15) is 4.79 Å². The summed E-state index contributed by atoms with van der Waals surface area (Å²) < 4.78 is 5.31. The number of benzene rings is 2. The Hall–Kier alpha value is -3.36. The van der Waals surface area contributed by atoms with Gasteiger partial charge >= 0.3 is 0 Å². The van der Waals surface area contributed by atoms with Crippen molar-refractivity contribution in [2.75, 3.05) is 31.3 Å². The lowest BCUT2D eigenvalue weighted by Crippen LogP contribution is -2.40. The maximum absolute atomic E-state index is 12.6. The first-order chi connectivity index (χ1) is 13.8. The lowest BCUT2D eigenvalue weighted by atomic mass is 10.1. The van der Waals surface area contributed by atoms with Crippen LogP contribution in [-0.2, 0) is 4.74 Å². The molecular weight excluding hydrogens is 356 g/mol. The number of hydrogen-bond acceptors (Lipinski definition) is 6. The number of nitrogens with one attached hydrogen (secondary N) is 3. The summed E-state index contributed by atoms with van der Waals surface area (Å²) in [6, 6.07) is 15.5. The number of aromatic nitrogens is 2. The normalized spacial score (nSPS) is 16.9. The van der Waals surface area contributed by atoms with Gasteiger partial charge in [-0.15, -0.1) is 5.53 Å². The molecule has 3 heterocycles. The van der Waals surface area contributed by atoms with Crippen molar-refractivity contribution in [3.63, 3.8) is 0 Å². The first kappa shape index (κ1) is 16.8. The minimum atomic E-state index is 0.0431. The molecule has 28 heavy (non-hydrogen) atoms. The van der Waals surface area contributed by atoms with Crippen molar-refractivity contribution in [3.05, 3.63) is 66.0 Å². The van der Waals surface area contributed by atoms with Crippen LogP contribution in [0.3, 0.4) is 0 Å². The van der Waals surface area contributed by atoms with Gasteiger partial charge in [0.15, 0.2) is 0 Å². The molecule has 8 heteroatoms. The van der Waals surface area contributed by atoms with Crippen LogP contribution in [0.25, 0.3) is 16.6 Å². The van der Waals surface area contributed by atoms with Gasteiger partial charge in [0.25, 0.3) is 5.91 Å². The monoisotopic (exact) mass is 376 g/mol. The molecule has 1 amide bonds. The molecule has 0 spiro atoms. The van der Waals surface area contributed by atoms with E-state index in [1.54, 1.807) is 0 Å². The van der Waals surface area contributed by atoms with E-state index in [1.165, 1.54) is 0 Å². The van der Waals surface area contributed by atoms with E-state index in [-0.39, 0.29) is 5.91 Å². The largest absolute Gasteiger partial charge is 0.378 e. The Morgan fingerprint density at radius 2 is 1.82 bits per heavy atom. The van der Waals surface area contributed by atoms with Gasteiger partial charge in [-0.2, -0.15) is 5.10 Å². The Bertz CT molecular complexity index is 1040. The first-order valence-corrected chi connectivity index (χ1v) is 9.23. The molecule has 0 aliphatic carbocycles. The highest BCUT2D eigenvalue weighted by molar-refractivity contribution is 5.95. The Morgan fingerprint density at radius 1 is 1.04 bits per heavy atom. The molecule has 1 aromatic heterocycles. The number of carbonyl (C=O) groups is 1. The first-order valence-electron chi connectivity index (χ1n) is 9.23. The van der Waals surface area contributed by atoms with Gasteiger partial charge in [-0.25, -0.2) is 0 Å². The number of anilines is 1. The molecule has 0 unspecified atom stereocenters. The molecule has 0 radical (unpaired) electrons. The zero-order chi connectivity index (χ0) is 18.9. The highest BCUT2D eigenvalue weighted by atomic mass is 16.5. The molecule has 0 bridgehead atoms. The van der Waals surface area contributed by atoms with E-state index < -0.39 is 0 Å². The Kier molecular flexibility index (Phi) is 4.19. The van der Waals surface area contributed by atoms with E-state index >= 15 is 0 Å². The van der Waals surface area contributed by atoms with Gasteiger partial charge in [0.2, 0.25) is 0 Å². The average Bonchev–Trinajstić information content (AvgIpc) is 3.41. The number of ether oxygens (including phenoxy) is 1. The van der Waals surface area contributed by atoms with Crippen LogP contribution in [0.15, 0.2) is 54.7 Å². The predicted molar refractivity (Wildman–Crippen MR) is 106 cm³/mol. The molecule has 0 saturated carbocycles.